The summed E-state index contributed by atoms with van der Waals surface area (Å²) in [6.45, 7) is 7.80. The SMILES string of the molecule is [C-]#[N+]C(CCCOP)c1ccc(Cl)c(Cl)c1. The Bertz CT molecular complexity index is 392. The van der Waals surface area contributed by atoms with Crippen LogP contribution in [0.1, 0.15) is 24.4 Å². The molecular weight excluding hydrogens is 264 g/mol. The minimum atomic E-state index is -0.171. The van der Waals surface area contributed by atoms with Crippen LogP contribution in [0.3, 0.4) is 0 Å². The molecule has 0 heterocycles. The maximum Gasteiger partial charge on any atom is 0.248 e. The van der Waals surface area contributed by atoms with Crippen molar-refractivity contribution in [3.8, 4) is 0 Å². The van der Waals surface area contributed by atoms with Crippen molar-refractivity contribution in [2.45, 2.75) is 18.9 Å². The number of halogens is 2. The van der Waals surface area contributed by atoms with Gasteiger partial charge in [0.05, 0.1) is 16.7 Å². The number of hydrogen-bond donors (Lipinski definition) is 0. The molecule has 86 valence electrons. The van der Waals surface area contributed by atoms with Gasteiger partial charge in [-0.3, -0.25) is 0 Å². The molecule has 0 aliphatic carbocycles. The molecule has 0 N–H and O–H groups in total. The van der Waals surface area contributed by atoms with E-state index in [1.807, 2.05) is 6.07 Å². The van der Waals surface area contributed by atoms with Gasteiger partial charge in [-0.05, 0) is 24.6 Å². The second-order valence-electron chi connectivity index (χ2n) is 3.33. The summed E-state index contributed by atoms with van der Waals surface area (Å²) in [5.74, 6) is 0. The summed E-state index contributed by atoms with van der Waals surface area (Å²) in [4.78, 5) is 3.59. The Labute approximate surface area is 108 Å². The molecule has 0 saturated carbocycles. The molecule has 2 unspecified atom stereocenters. The predicted molar refractivity (Wildman–Crippen MR) is 70.7 cm³/mol. The molecule has 2 nitrogen and oxygen atoms in total. The van der Waals surface area contributed by atoms with Crippen molar-refractivity contribution in [3.63, 3.8) is 0 Å². The van der Waals surface area contributed by atoms with Crippen molar-refractivity contribution in [1.82, 2.24) is 0 Å². The minimum Gasteiger partial charge on any atom is -0.366 e. The van der Waals surface area contributed by atoms with Gasteiger partial charge in [0.15, 0.2) is 0 Å². The molecule has 0 amide bonds. The standard InChI is InChI=1S/C11H12Cl2NOP/c1-14-11(3-2-6-15-16)8-4-5-9(12)10(13)7-8/h4-5,7,11H,2-3,6,16H2. The van der Waals surface area contributed by atoms with Gasteiger partial charge in [0, 0.05) is 21.5 Å². The molecule has 0 fully saturated rings. The molecule has 0 aliphatic rings. The highest BCUT2D eigenvalue weighted by atomic mass is 35.5. The summed E-state index contributed by atoms with van der Waals surface area (Å²) >= 11 is 11.7. The first-order valence-electron chi connectivity index (χ1n) is 4.82. The molecule has 0 radical (unpaired) electrons. The lowest BCUT2D eigenvalue weighted by atomic mass is 10.0. The van der Waals surface area contributed by atoms with Gasteiger partial charge in [-0.2, -0.15) is 0 Å². The van der Waals surface area contributed by atoms with Crippen LogP contribution in [0.15, 0.2) is 18.2 Å². The molecule has 0 bridgehead atoms. The van der Waals surface area contributed by atoms with Crippen LogP contribution in [0, 0.1) is 6.57 Å². The van der Waals surface area contributed by atoms with E-state index in [-0.39, 0.29) is 6.04 Å². The van der Waals surface area contributed by atoms with Crippen LogP contribution in [0.2, 0.25) is 10.0 Å². The molecule has 2 atom stereocenters. The quantitative estimate of drug-likeness (QED) is 0.437. The maximum absolute atomic E-state index is 7.16. The van der Waals surface area contributed by atoms with Crippen LogP contribution in [-0.2, 0) is 4.52 Å². The fraction of sp³-hybridized carbons (Fsp3) is 0.364. The Kier molecular flexibility index (Phi) is 6.09. The molecule has 0 aromatic heterocycles. The smallest absolute Gasteiger partial charge is 0.248 e. The Morgan fingerprint density at radius 1 is 1.38 bits per heavy atom. The van der Waals surface area contributed by atoms with E-state index < -0.39 is 0 Å². The topological polar surface area (TPSA) is 13.6 Å². The molecule has 0 spiro atoms. The zero-order valence-corrected chi connectivity index (χ0v) is 11.3. The van der Waals surface area contributed by atoms with Crippen molar-refractivity contribution in [3.05, 3.63) is 45.2 Å². The average Bonchev–Trinajstić information content (AvgIpc) is 2.29. The molecule has 1 rings (SSSR count). The van der Waals surface area contributed by atoms with Crippen molar-refractivity contribution in [1.29, 1.82) is 0 Å². The number of hydrogen-bond acceptors (Lipinski definition) is 1. The first kappa shape index (κ1) is 13.7. The Morgan fingerprint density at radius 2 is 2.12 bits per heavy atom. The summed E-state index contributed by atoms with van der Waals surface area (Å²) in [5.41, 5.74) is 0.910. The van der Waals surface area contributed by atoms with Gasteiger partial charge in [-0.25, -0.2) is 6.57 Å². The van der Waals surface area contributed by atoms with Crippen LogP contribution < -0.4 is 0 Å². The number of nitrogens with zero attached hydrogens (tertiary/aromatic N) is 1. The monoisotopic (exact) mass is 275 g/mol. The van der Waals surface area contributed by atoms with Crippen LogP contribution >= 0.6 is 32.7 Å². The van der Waals surface area contributed by atoms with E-state index in [0.29, 0.717) is 16.7 Å². The van der Waals surface area contributed by atoms with E-state index in [2.05, 4.69) is 14.3 Å². The zero-order valence-electron chi connectivity index (χ0n) is 8.62. The Hall–Kier alpha value is -0.320. The number of rotatable bonds is 5. The van der Waals surface area contributed by atoms with E-state index in [1.165, 1.54) is 0 Å². The van der Waals surface area contributed by atoms with E-state index >= 15 is 0 Å². The van der Waals surface area contributed by atoms with E-state index in [1.54, 1.807) is 12.1 Å². The highest BCUT2D eigenvalue weighted by Gasteiger charge is 2.16. The minimum absolute atomic E-state index is 0.171. The first-order valence-corrected chi connectivity index (χ1v) is 6.05. The van der Waals surface area contributed by atoms with Gasteiger partial charge >= 0.3 is 0 Å². The predicted octanol–water partition coefficient (Wildman–Crippen LogP) is 4.54. The summed E-state index contributed by atoms with van der Waals surface area (Å²) in [6.07, 6.45) is 1.60. The maximum atomic E-state index is 7.16. The summed E-state index contributed by atoms with van der Waals surface area (Å²) in [5, 5.41) is 1.01. The molecule has 0 aliphatic heterocycles. The molecule has 16 heavy (non-hydrogen) atoms. The second kappa shape index (κ2) is 7.09. The normalized spacial score (nSPS) is 12.1. The molecule has 1 aromatic rings. The second-order valence-corrected chi connectivity index (χ2v) is 4.48. The number of benzene rings is 1. The lowest BCUT2D eigenvalue weighted by Gasteiger charge is -2.06. The van der Waals surface area contributed by atoms with E-state index in [0.717, 1.165) is 18.4 Å². The van der Waals surface area contributed by atoms with E-state index in [4.69, 9.17) is 34.3 Å². The summed E-state index contributed by atoms with van der Waals surface area (Å²) in [7, 11) is 2.20. The van der Waals surface area contributed by atoms with Gasteiger partial charge in [-0.1, -0.05) is 23.2 Å². The summed E-state index contributed by atoms with van der Waals surface area (Å²) < 4.78 is 4.88. The largest absolute Gasteiger partial charge is 0.366 e. The lowest BCUT2D eigenvalue weighted by Crippen LogP contribution is -1.96. The third-order valence-electron chi connectivity index (χ3n) is 2.22. The van der Waals surface area contributed by atoms with Gasteiger partial charge in [-0.15, -0.1) is 0 Å². The summed E-state index contributed by atoms with van der Waals surface area (Å²) in [6, 6.07) is 5.16. The van der Waals surface area contributed by atoms with Crippen LogP contribution in [0.4, 0.5) is 0 Å². The zero-order chi connectivity index (χ0) is 12.0. The lowest BCUT2D eigenvalue weighted by molar-refractivity contribution is 0.353. The van der Waals surface area contributed by atoms with E-state index in [9.17, 15) is 0 Å². The first-order chi connectivity index (χ1) is 7.69. The van der Waals surface area contributed by atoms with Crippen LogP contribution in [-0.4, -0.2) is 6.61 Å². The van der Waals surface area contributed by atoms with Crippen molar-refractivity contribution in [2.24, 2.45) is 0 Å². The average molecular weight is 276 g/mol. The Balaban J connectivity index is 2.72. The van der Waals surface area contributed by atoms with Crippen LogP contribution in [0.5, 0.6) is 0 Å². The highest BCUT2D eigenvalue weighted by molar-refractivity contribution is 7.09. The van der Waals surface area contributed by atoms with Crippen LogP contribution in [0.25, 0.3) is 4.85 Å². The molecule has 0 saturated heterocycles. The molecular formula is C11H12Cl2NOP. The van der Waals surface area contributed by atoms with Gasteiger partial charge < -0.3 is 9.37 Å². The Morgan fingerprint density at radius 3 is 2.69 bits per heavy atom. The molecule has 1 aromatic carbocycles. The van der Waals surface area contributed by atoms with Gasteiger partial charge in [0.25, 0.3) is 0 Å². The third kappa shape index (κ3) is 3.92. The fourth-order valence-corrected chi connectivity index (χ4v) is 1.86. The third-order valence-corrected chi connectivity index (χ3v) is 3.20. The fourth-order valence-electron chi connectivity index (χ4n) is 1.39. The van der Waals surface area contributed by atoms with Crippen molar-refractivity contribution in [2.75, 3.05) is 6.61 Å². The van der Waals surface area contributed by atoms with Gasteiger partial charge in [0.1, 0.15) is 0 Å². The van der Waals surface area contributed by atoms with Crippen molar-refractivity contribution >= 4 is 32.7 Å². The van der Waals surface area contributed by atoms with Gasteiger partial charge in [0.2, 0.25) is 6.04 Å². The van der Waals surface area contributed by atoms with Crippen molar-refractivity contribution < 1.29 is 4.52 Å². The molecule has 5 heteroatoms. The highest BCUT2D eigenvalue weighted by Crippen LogP contribution is 2.29.